The molecule has 1 rings (SSSR count). The number of hydrogen-bond donors (Lipinski definition) is 0. The van der Waals surface area contributed by atoms with E-state index in [1.165, 1.54) is 5.56 Å². The Hall–Kier alpha value is -0.120. The second-order valence-corrected chi connectivity index (χ2v) is 5.41. The zero-order valence-electron chi connectivity index (χ0n) is 9.79. The van der Waals surface area contributed by atoms with Crippen molar-refractivity contribution < 1.29 is 0 Å². The fourth-order valence-corrected chi connectivity index (χ4v) is 2.09. The van der Waals surface area contributed by atoms with E-state index >= 15 is 0 Å². The highest BCUT2D eigenvalue weighted by atomic mass is 79.9. The van der Waals surface area contributed by atoms with Crippen molar-refractivity contribution in [3.63, 3.8) is 0 Å². The second-order valence-electron chi connectivity index (χ2n) is 4.12. The van der Waals surface area contributed by atoms with Gasteiger partial charge in [0.2, 0.25) is 0 Å². The number of hydrogen-bond acceptors (Lipinski definition) is 2. The van der Waals surface area contributed by atoms with E-state index in [1.807, 2.05) is 12.4 Å². The van der Waals surface area contributed by atoms with Gasteiger partial charge in [0.25, 0.3) is 0 Å². The molecule has 0 aliphatic rings. The summed E-state index contributed by atoms with van der Waals surface area (Å²) in [6, 6.07) is 2.64. The van der Waals surface area contributed by atoms with Gasteiger partial charge < -0.3 is 0 Å². The molecule has 0 atom stereocenters. The summed E-state index contributed by atoms with van der Waals surface area (Å²) in [5.41, 5.74) is 1.23. The lowest BCUT2D eigenvalue weighted by molar-refractivity contribution is 0.213. The van der Waals surface area contributed by atoms with Crippen molar-refractivity contribution in [3.8, 4) is 0 Å². The van der Waals surface area contributed by atoms with Crippen molar-refractivity contribution in [1.29, 1.82) is 0 Å². The molecule has 0 aromatic carbocycles. The maximum absolute atomic E-state index is 5.73. The summed E-state index contributed by atoms with van der Waals surface area (Å²) >= 11 is 9.17. The predicted octanol–water partition coefficient (Wildman–Crippen LogP) is 3.68. The van der Waals surface area contributed by atoms with E-state index in [0.29, 0.717) is 6.04 Å². The molecular formula is C12H18BrClN2. The first kappa shape index (κ1) is 13.9. The largest absolute Gasteiger partial charge is 0.297 e. The number of aromatic nitrogens is 1. The first-order valence-corrected chi connectivity index (χ1v) is 6.85. The first-order valence-electron chi connectivity index (χ1n) is 5.53. The third-order valence-electron chi connectivity index (χ3n) is 2.46. The number of alkyl halides is 1. The molecule has 2 nitrogen and oxygen atoms in total. The summed E-state index contributed by atoms with van der Waals surface area (Å²) in [6.07, 6.45) is 4.75. The molecule has 0 unspecified atom stereocenters. The molecule has 1 heterocycles. The Bertz CT molecular complexity index is 318. The quantitative estimate of drug-likeness (QED) is 0.745. The van der Waals surface area contributed by atoms with E-state index in [2.05, 4.69) is 45.7 Å². The Kier molecular flexibility index (Phi) is 6.32. The number of pyridine rings is 1. The van der Waals surface area contributed by atoms with Crippen LogP contribution in [0.2, 0.25) is 0 Å². The molecule has 0 bridgehead atoms. The van der Waals surface area contributed by atoms with Crippen LogP contribution in [0.1, 0.15) is 25.8 Å². The van der Waals surface area contributed by atoms with Crippen LogP contribution in [0.25, 0.3) is 0 Å². The summed E-state index contributed by atoms with van der Waals surface area (Å²) in [5, 5.41) is 0. The highest BCUT2D eigenvalue weighted by molar-refractivity contribution is 9.10. The number of halogens is 2. The van der Waals surface area contributed by atoms with Crippen molar-refractivity contribution in [2.45, 2.75) is 32.9 Å². The van der Waals surface area contributed by atoms with Gasteiger partial charge in [-0.2, -0.15) is 0 Å². The molecule has 0 aliphatic heterocycles. The van der Waals surface area contributed by atoms with E-state index < -0.39 is 0 Å². The number of nitrogens with zero attached hydrogens (tertiary/aromatic N) is 2. The minimum absolute atomic E-state index is 0.530. The molecule has 0 aliphatic carbocycles. The van der Waals surface area contributed by atoms with Crippen LogP contribution in [0.3, 0.4) is 0 Å². The summed E-state index contributed by atoms with van der Waals surface area (Å²) in [4.78, 5) is 6.59. The molecule has 0 saturated carbocycles. The van der Waals surface area contributed by atoms with Crippen molar-refractivity contribution in [3.05, 3.63) is 28.5 Å². The molecule has 4 heteroatoms. The van der Waals surface area contributed by atoms with Crippen LogP contribution in [0.15, 0.2) is 22.9 Å². The molecule has 0 N–H and O–H groups in total. The van der Waals surface area contributed by atoms with Gasteiger partial charge in [0.05, 0.1) is 0 Å². The van der Waals surface area contributed by atoms with Crippen LogP contribution >= 0.6 is 27.5 Å². The van der Waals surface area contributed by atoms with Gasteiger partial charge in [0, 0.05) is 35.3 Å². The molecule has 0 radical (unpaired) electrons. The van der Waals surface area contributed by atoms with Crippen LogP contribution in [-0.2, 0) is 6.54 Å². The fraction of sp³-hybridized carbons (Fsp3) is 0.583. The zero-order valence-corrected chi connectivity index (χ0v) is 12.1. The van der Waals surface area contributed by atoms with E-state index in [0.717, 1.165) is 29.9 Å². The third-order valence-corrected chi connectivity index (χ3v) is 3.16. The van der Waals surface area contributed by atoms with Crippen LogP contribution < -0.4 is 0 Å². The Morgan fingerprint density at radius 1 is 1.44 bits per heavy atom. The van der Waals surface area contributed by atoms with E-state index in [4.69, 9.17) is 11.6 Å². The third kappa shape index (κ3) is 4.81. The zero-order chi connectivity index (χ0) is 12.0. The molecule has 0 saturated heterocycles. The van der Waals surface area contributed by atoms with Gasteiger partial charge >= 0.3 is 0 Å². The Labute approximate surface area is 111 Å². The summed E-state index contributed by atoms with van der Waals surface area (Å²) in [6.45, 7) is 6.38. The summed E-state index contributed by atoms with van der Waals surface area (Å²) in [5.74, 6) is 0.722. The minimum Gasteiger partial charge on any atom is -0.297 e. The first-order chi connectivity index (χ1) is 7.63. The summed E-state index contributed by atoms with van der Waals surface area (Å²) in [7, 11) is 0. The van der Waals surface area contributed by atoms with Crippen LogP contribution in [-0.4, -0.2) is 28.4 Å². The van der Waals surface area contributed by atoms with Gasteiger partial charge in [-0.1, -0.05) is 0 Å². The molecular weight excluding hydrogens is 288 g/mol. The highest BCUT2D eigenvalue weighted by Crippen LogP contribution is 2.13. The molecule has 90 valence electrons. The summed E-state index contributed by atoms with van der Waals surface area (Å²) < 4.78 is 1.03. The topological polar surface area (TPSA) is 16.1 Å². The lowest BCUT2D eigenvalue weighted by Crippen LogP contribution is -2.31. The smallest absolute Gasteiger partial charge is 0.0410 e. The average molecular weight is 306 g/mol. The maximum atomic E-state index is 5.73. The van der Waals surface area contributed by atoms with Crippen molar-refractivity contribution in [2.75, 3.05) is 12.4 Å². The van der Waals surface area contributed by atoms with Crippen molar-refractivity contribution in [2.24, 2.45) is 0 Å². The van der Waals surface area contributed by atoms with E-state index in [9.17, 15) is 0 Å². The monoisotopic (exact) mass is 304 g/mol. The highest BCUT2D eigenvalue weighted by Gasteiger charge is 2.09. The molecule has 1 aromatic rings. The standard InChI is InChI=1S/C12H18BrClN2/c1-10(2)16(5-3-4-14)9-11-6-12(13)8-15-7-11/h6-8,10H,3-5,9H2,1-2H3. The normalized spacial score (nSPS) is 11.4. The minimum atomic E-state index is 0.530. The molecule has 0 spiro atoms. The number of rotatable bonds is 6. The molecule has 0 fully saturated rings. The average Bonchev–Trinajstić information content (AvgIpc) is 2.24. The Balaban J connectivity index is 2.60. The molecule has 0 amide bonds. The maximum Gasteiger partial charge on any atom is 0.0410 e. The van der Waals surface area contributed by atoms with E-state index in [-0.39, 0.29) is 0 Å². The predicted molar refractivity (Wildman–Crippen MR) is 72.8 cm³/mol. The van der Waals surface area contributed by atoms with Gasteiger partial charge in [0.1, 0.15) is 0 Å². The SMILES string of the molecule is CC(C)N(CCCCl)Cc1cncc(Br)c1. The van der Waals surface area contributed by atoms with Crippen LogP contribution in [0, 0.1) is 0 Å². The van der Waals surface area contributed by atoms with Crippen LogP contribution in [0.5, 0.6) is 0 Å². The lowest BCUT2D eigenvalue weighted by Gasteiger charge is -2.26. The Morgan fingerprint density at radius 3 is 2.75 bits per heavy atom. The van der Waals surface area contributed by atoms with E-state index in [1.54, 1.807) is 0 Å². The second kappa shape index (κ2) is 7.25. The Morgan fingerprint density at radius 2 is 2.19 bits per heavy atom. The van der Waals surface area contributed by atoms with Crippen molar-refractivity contribution in [1.82, 2.24) is 9.88 Å². The molecule has 16 heavy (non-hydrogen) atoms. The van der Waals surface area contributed by atoms with Gasteiger partial charge in [0.15, 0.2) is 0 Å². The fourth-order valence-electron chi connectivity index (χ4n) is 1.56. The van der Waals surface area contributed by atoms with Crippen molar-refractivity contribution >= 4 is 27.5 Å². The van der Waals surface area contributed by atoms with Gasteiger partial charge in [-0.25, -0.2) is 0 Å². The van der Waals surface area contributed by atoms with Gasteiger partial charge in [-0.05, 0) is 54.4 Å². The van der Waals surface area contributed by atoms with Gasteiger partial charge in [-0.3, -0.25) is 9.88 Å². The van der Waals surface area contributed by atoms with Gasteiger partial charge in [-0.15, -0.1) is 11.6 Å². The molecule has 1 aromatic heterocycles. The van der Waals surface area contributed by atoms with Crippen LogP contribution in [0.4, 0.5) is 0 Å². The lowest BCUT2D eigenvalue weighted by atomic mass is 10.2.